The third-order valence-corrected chi connectivity index (χ3v) is 3.10. The van der Waals surface area contributed by atoms with Gasteiger partial charge in [0.15, 0.2) is 0 Å². The van der Waals surface area contributed by atoms with E-state index in [-0.39, 0.29) is 6.54 Å². The van der Waals surface area contributed by atoms with Gasteiger partial charge < -0.3 is 14.8 Å². The van der Waals surface area contributed by atoms with Crippen molar-refractivity contribution >= 4 is 22.8 Å². The molecule has 0 atom stereocenters. The van der Waals surface area contributed by atoms with Gasteiger partial charge in [-0.25, -0.2) is 4.79 Å². The molecule has 0 spiro atoms. The summed E-state index contributed by atoms with van der Waals surface area (Å²) >= 11 is 0. The number of carboxylic acids is 1. The average Bonchev–Trinajstić information content (AvgIpc) is 2.80. The zero-order chi connectivity index (χ0) is 14.0. The van der Waals surface area contributed by atoms with Gasteiger partial charge in [0, 0.05) is 22.9 Å². The van der Waals surface area contributed by atoms with E-state index in [0.29, 0.717) is 0 Å². The van der Waals surface area contributed by atoms with Crippen LogP contribution in [0.3, 0.4) is 0 Å². The summed E-state index contributed by atoms with van der Waals surface area (Å²) in [7, 11) is 0. The summed E-state index contributed by atoms with van der Waals surface area (Å²) in [6, 6.07) is 7.60. The van der Waals surface area contributed by atoms with Crippen LogP contribution in [0.15, 0.2) is 34.9 Å². The molecule has 1 aromatic heterocycles. The molecule has 0 aliphatic carbocycles. The first-order valence-electron chi connectivity index (χ1n) is 5.89. The smallest absolute Gasteiger partial charge is 0.394 e. The third kappa shape index (κ3) is 2.59. The van der Waals surface area contributed by atoms with Crippen LogP contribution in [0.2, 0.25) is 0 Å². The first kappa shape index (κ1) is 13.1. The highest BCUT2D eigenvalue weighted by Gasteiger charge is 2.26. The summed E-state index contributed by atoms with van der Waals surface area (Å²) in [6.45, 7) is 4.07. The predicted molar refractivity (Wildman–Crippen MR) is 69.9 cm³/mol. The standard InChI is InChI=1S/C14H15NO4/c1-14(2,8-15-12(16)13(17)18)10-7-19-11-6-4-3-5-9(10)11/h3-7H,8H2,1-2H3,(H,15,16)(H,17,18). The average molecular weight is 261 g/mol. The van der Waals surface area contributed by atoms with Gasteiger partial charge in [-0.3, -0.25) is 4.79 Å². The minimum atomic E-state index is -1.48. The highest BCUT2D eigenvalue weighted by molar-refractivity contribution is 6.31. The highest BCUT2D eigenvalue weighted by atomic mass is 16.4. The van der Waals surface area contributed by atoms with E-state index in [4.69, 9.17) is 9.52 Å². The number of fused-ring (bicyclic) bond motifs is 1. The van der Waals surface area contributed by atoms with Crippen molar-refractivity contribution in [3.8, 4) is 0 Å². The molecule has 19 heavy (non-hydrogen) atoms. The Balaban J connectivity index is 2.24. The van der Waals surface area contributed by atoms with Gasteiger partial charge in [-0.1, -0.05) is 32.0 Å². The molecule has 2 aromatic rings. The molecule has 1 amide bonds. The van der Waals surface area contributed by atoms with E-state index < -0.39 is 17.3 Å². The van der Waals surface area contributed by atoms with E-state index in [1.54, 1.807) is 6.26 Å². The van der Waals surface area contributed by atoms with Crippen molar-refractivity contribution in [1.29, 1.82) is 0 Å². The fourth-order valence-corrected chi connectivity index (χ4v) is 1.97. The van der Waals surface area contributed by atoms with E-state index in [1.807, 2.05) is 38.1 Å². The van der Waals surface area contributed by atoms with E-state index in [1.165, 1.54) is 0 Å². The molecule has 5 nitrogen and oxygen atoms in total. The number of furan rings is 1. The monoisotopic (exact) mass is 261 g/mol. The molecular weight excluding hydrogens is 246 g/mol. The van der Waals surface area contributed by atoms with Gasteiger partial charge in [0.05, 0.1) is 6.26 Å². The van der Waals surface area contributed by atoms with Crippen molar-refractivity contribution < 1.29 is 19.1 Å². The summed E-state index contributed by atoms with van der Waals surface area (Å²) in [6.07, 6.45) is 1.65. The van der Waals surface area contributed by atoms with Crippen LogP contribution < -0.4 is 5.32 Å². The molecule has 100 valence electrons. The Morgan fingerprint density at radius 3 is 2.68 bits per heavy atom. The SMILES string of the molecule is CC(C)(CNC(=O)C(=O)O)c1coc2ccccc12. The molecule has 0 aliphatic rings. The summed E-state index contributed by atoms with van der Waals surface area (Å²) in [5.41, 5.74) is 1.29. The Labute approximate surface area is 110 Å². The van der Waals surface area contributed by atoms with Crippen LogP contribution in [0.5, 0.6) is 0 Å². The fourth-order valence-electron chi connectivity index (χ4n) is 1.97. The molecule has 1 heterocycles. The van der Waals surface area contributed by atoms with Gasteiger partial charge >= 0.3 is 11.9 Å². The second-order valence-corrected chi connectivity index (χ2v) is 5.02. The maximum atomic E-state index is 11.1. The van der Waals surface area contributed by atoms with Crippen molar-refractivity contribution in [2.75, 3.05) is 6.54 Å². The molecule has 0 aliphatic heterocycles. The van der Waals surface area contributed by atoms with Crippen LogP contribution >= 0.6 is 0 Å². The van der Waals surface area contributed by atoms with Gasteiger partial charge in [0.1, 0.15) is 5.58 Å². The lowest BCUT2D eigenvalue weighted by atomic mass is 9.84. The highest BCUT2D eigenvalue weighted by Crippen LogP contribution is 2.31. The summed E-state index contributed by atoms with van der Waals surface area (Å²) in [5, 5.41) is 11.9. The minimum absolute atomic E-state index is 0.224. The number of amides is 1. The zero-order valence-corrected chi connectivity index (χ0v) is 10.8. The summed E-state index contributed by atoms with van der Waals surface area (Å²) < 4.78 is 5.46. The Morgan fingerprint density at radius 2 is 2.00 bits per heavy atom. The molecule has 1 aromatic carbocycles. The number of carbonyl (C=O) groups excluding carboxylic acids is 1. The molecule has 0 saturated heterocycles. The van der Waals surface area contributed by atoms with Gasteiger partial charge in [-0.05, 0) is 6.07 Å². The number of hydrogen-bond donors (Lipinski definition) is 2. The number of aliphatic carboxylic acids is 1. The van der Waals surface area contributed by atoms with Crippen LogP contribution in [0.4, 0.5) is 0 Å². The first-order chi connectivity index (χ1) is 8.92. The molecule has 0 saturated carbocycles. The normalized spacial score (nSPS) is 11.5. The Morgan fingerprint density at radius 1 is 1.32 bits per heavy atom. The largest absolute Gasteiger partial charge is 0.474 e. The molecule has 2 rings (SSSR count). The lowest BCUT2D eigenvalue weighted by molar-refractivity contribution is -0.150. The topological polar surface area (TPSA) is 79.5 Å². The number of carboxylic acid groups (broad SMARTS) is 1. The van der Waals surface area contributed by atoms with Gasteiger partial charge in [0.25, 0.3) is 0 Å². The van der Waals surface area contributed by atoms with E-state index in [0.717, 1.165) is 16.5 Å². The number of carbonyl (C=O) groups is 2. The van der Waals surface area contributed by atoms with Crippen molar-refractivity contribution in [3.63, 3.8) is 0 Å². The number of benzene rings is 1. The number of para-hydroxylation sites is 1. The van der Waals surface area contributed by atoms with Gasteiger partial charge in [0.2, 0.25) is 0 Å². The molecule has 5 heteroatoms. The first-order valence-corrected chi connectivity index (χ1v) is 5.89. The second-order valence-electron chi connectivity index (χ2n) is 5.02. The maximum Gasteiger partial charge on any atom is 0.394 e. The summed E-state index contributed by atoms with van der Waals surface area (Å²) in [5.74, 6) is -2.48. The molecule has 0 fully saturated rings. The van der Waals surface area contributed by atoms with Crippen LogP contribution in [-0.2, 0) is 15.0 Å². The maximum absolute atomic E-state index is 11.1. The van der Waals surface area contributed by atoms with Gasteiger partial charge in [-0.2, -0.15) is 0 Å². The van der Waals surface area contributed by atoms with Crippen molar-refractivity contribution in [1.82, 2.24) is 5.32 Å². The molecule has 0 bridgehead atoms. The number of rotatable bonds is 3. The fraction of sp³-hybridized carbons (Fsp3) is 0.286. The third-order valence-electron chi connectivity index (χ3n) is 3.10. The van der Waals surface area contributed by atoms with Crippen LogP contribution in [0.1, 0.15) is 19.4 Å². The minimum Gasteiger partial charge on any atom is -0.474 e. The van der Waals surface area contributed by atoms with Crippen molar-refractivity contribution in [2.45, 2.75) is 19.3 Å². The zero-order valence-electron chi connectivity index (χ0n) is 10.8. The van der Waals surface area contributed by atoms with E-state index >= 15 is 0 Å². The quantitative estimate of drug-likeness (QED) is 0.827. The van der Waals surface area contributed by atoms with E-state index in [9.17, 15) is 9.59 Å². The lowest BCUT2D eigenvalue weighted by Gasteiger charge is -2.23. The lowest BCUT2D eigenvalue weighted by Crippen LogP contribution is -2.39. The van der Waals surface area contributed by atoms with Crippen LogP contribution in [0, 0.1) is 0 Å². The van der Waals surface area contributed by atoms with E-state index in [2.05, 4.69) is 5.32 Å². The Kier molecular flexibility index (Phi) is 3.29. The second kappa shape index (κ2) is 4.76. The predicted octanol–water partition coefficient (Wildman–Crippen LogP) is 1.91. The van der Waals surface area contributed by atoms with Gasteiger partial charge in [-0.15, -0.1) is 0 Å². The van der Waals surface area contributed by atoms with Crippen LogP contribution in [0.25, 0.3) is 11.0 Å². The molecule has 0 unspecified atom stereocenters. The Bertz CT molecular complexity index is 627. The number of nitrogens with one attached hydrogen (secondary N) is 1. The molecule has 0 radical (unpaired) electrons. The molecular formula is C14H15NO4. The summed E-state index contributed by atoms with van der Waals surface area (Å²) in [4.78, 5) is 21.6. The van der Waals surface area contributed by atoms with Crippen LogP contribution in [-0.4, -0.2) is 23.5 Å². The molecule has 2 N–H and O–H groups in total. The van der Waals surface area contributed by atoms with Crippen molar-refractivity contribution in [2.24, 2.45) is 0 Å². The number of hydrogen-bond acceptors (Lipinski definition) is 3. The van der Waals surface area contributed by atoms with Crippen molar-refractivity contribution in [3.05, 3.63) is 36.1 Å². The Hall–Kier alpha value is -2.30.